The Morgan fingerprint density at radius 1 is 0.532 bits per heavy atom. The van der Waals surface area contributed by atoms with Gasteiger partial charge in [0.15, 0.2) is 0 Å². The summed E-state index contributed by atoms with van der Waals surface area (Å²) in [7, 11) is 3.48. The smallest absolute Gasteiger partial charge is 1.00 e. The maximum atomic E-state index is 5.49. The van der Waals surface area contributed by atoms with E-state index in [2.05, 4.69) is 139 Å². The minimum atomic E-state index is -2.93. The quantitative estimate of drug-likeness (QED) is 0.252. The zero-order chi connectivity index (χ0) is 31.7. The van der Waals surface area contributed by atoms with E-state index in [0.29, 0.717) is 7.25 Å². The van der Waals surface area contributed by atoms with E-state index in [0.717, 1.165) is 11.5 Å². The molecule has 1 fully saturated rings. The van der Waals surface area contributed by atoms with Crippen molar-refractivity contribution in [2.75, 3.05) is 14.2 Å². The van der Waals surface area contributed by atoms with Gasteiger partial charge in [-0.05, 0) is 0 Å². The second-order valence-electron chi connectivity index (χ2n) is 15.4. The molecule has 2 atom stereocenters. The van der Waals surface area contributed by atoms with Gasteiger partial charge < -0.3 is 24.8 Å². The Morgan fingerprint density at radius 3 is 1.19 bits per heavy atom. The topological polar surface area (TPSA) is 18.5 Å². The fourth-order valence-corrected chi connectivity index (χ4v) is 26.7. The molecule has 4 aromatic rings. The average molecular weight is 745 g/mol. The minimum Gasteiger partial charge on any atom is -1.00 e. The van der Waals surface area contributed by atoms with Crippen LogP contribution in [0, 0.1) is 10.8 Å². The summed E-state index contributed by atoms with van der Waals surface area (Å²) >= 11 is -2.93. The van der Waals surface area contributed by atoms with E-state index < -0.39 is 20.3 Å². The number of methoxy groups -OCH3 is 2. The van der Waals surface area contributed by atoms with E-state index in [-0.39, 0.29) is 35.6 Å². The van der Waals surface area contributed by atoms with Crippen LogP contribution in [0.4, 0.5) is 0 Å². The van der Waals surface area contributed by atoms with Crippen LogP contribution in [0.25, 0.3) is 34.4 Å². The first-order chi connectivity index (χ1) is 21.5. The van der Waals surface area contributed by atoms with E-state index >= 15 is 0 Å². The van der Waals surface area contributed by atoms with Crippen LogP contribution in [0.3, 0.4) is 0 Å². The van der Waals surface area contributed by atoms with Gasteiger partial charge in [0.2, 0.25) is 0 Å². The third-order valence-corrected chi connectivity index (χ3v) is 23.4. The van der Waals surface area contributed by atoms with E-state index in [1.807, 2.05) is 0 Å². The van der Waals surface area contributed by atoms with Gasteiger partial charge in [-0.15, -0.1) is 0 Å². The Kier molecular flexibility index (Phi) is 9.91. The summed E-state index contributed by atoms with van der Waals surface area (Å²) in [5.74, 6) is 1.80. The average Bonchev–Trinajstić information content (AvgIpc) is 3.52. The van der Waals surface area contributed by atoms with Crippen LogP contribution in [-0.2, 0) is 20.3 Å². The van der Waals surface area contributed by atoms with Gasteiger partial charge in [-0.1, -0.05) is 0 Å². The zero-order valence-electron chi connectivity index (χ0n) is 28.9. The summed E-state index contributed by atoms with van der Waals surface area (Å²) in [6.45, 7) is 14.7. The van der Waals surface area contributed by atoms with E-state index in [4.69, 9.17) is 9.47 Å². The van der Waals surface area contributed by atoms with Crippen molar-refractivity contribution < 1.29 is 54.6 Å². The predicted octanol–water partition coefficient (Wildman–Crippen LogP) is 5.72. The van der Waals surface area contributed by atoms with Crippen molar-refractivity contribution in [2.45, 2.75) is 57.1 Å². The summed E-state index contributed by atoms with van der Waals surface area (Å²) in [4.78, 5) is 0. The maximum absolute atomic E-state index is 5.49. The number of hydrogen-bond donors (Lipinski definition) is 0. The molecule has 2 aliphatic carbocycles. The van der Waals surface area contributed by atoms with Crippen molar-refractivity contribution in [2.24, 2.45) is 10.8 Å². The molecule has 0 aromatic heterocycles. The molecular weight excluding hydrogens is 699 g/mol. The van der Waals surface area contributed by atoms with E-state index in [1.54, 1.807) is 36.5 Å². The van der Waals surface area contributed by atoms with Crippen LogP contribution >= 0.6 is 0 Å². The molecule has 2 unspecified atom stereocenters. The molecule has 5 heteroatoms. The first-order valence-corrected chi connectivity index (χ1v) is 22.8. The molecule has 0 amide bonds. The number of ether oxygens (including phenoxy) is 2. The standard InChI is InChI=1S/2C20H21O.C2H4.2ClH.Zr/c2*1-20(2,3)16-12-15-6-5-7-18(19(15)13-16)14-8-10-17(21-4)11-9-14;1-2;;;/h2*5-13H,1-4H3;1-2H2;2*1H;/q;;;;;+2/p-2. The molecule has 244 valence electrons. The van der Waals surface area contributed by atoms with Gasteiger partial charge in [0, 0.05) is 0 Å². The number of allylic oxidation sites excluding steroid dienone is 2. The van der Waals surface area contributed by atoms with Crippen molar-refractivity contribution in [3.63, 3.8) is 0 Å². The molecule has 0 spiro atoms. The number of halogens is 2. The van der Waals surface area contributed by atoms with Crippen molar-refractivity contribution in [3.05, 3.63) is 118 Å². The van der Waals surface area contributed by atoms with Gasteiger partial charge in [0.25, 0.3) is 0 Å². The number of rotatable bonds is 6. The maximum Gasteiger partial charge on any atom is -1.00 e. The Hall–Kier alpha value is -2.58. The minimum absolute atomic E-state index is 0. The molecule has 0 bridgehead atoms. The Morgan fingerprint density at radius 2 is 0.894 bits per heavy atom. The van der Waals surface area contributed by atoms with Crippen LogP contribution in [0.2, 0.25) is 8.26 Å². The van der Waals surface area contributed by atoms with Crippen molar-refractivity contribution in [3.8, 4) is 33.8 Å². The Labute approximate surface area is 298 Å². The first kappa shape index (κ1) is 35.7. The van der Waals surface area contributed by atoms with Gasteiger partial charge in [-0.25, -0.2) is 0 Å². The Balaban J connectivity index is 0.00000217. The van der Waals surface area contributed by atoms with Crippen LogP contribution in [0.15, 0.2) is 96.1 Å². The summed E-state index contributed by atoms with van der Waals surface area (Å²) in [6.07, 6.45) is 5.22. The second-order valence-corrected chi connectivity index (χ2v) is 26.7. The molecule has 0 N–H and O–H groups in total. The Bertz CT molecular complexity index is 1700. The fraction of sp³-hybridized carbons (Fsp3) is 0.333. The van der Waals surface area contributed by atoms with E-state index in [1.165, 1.54) is 41.6 Å². The number of hydrogen-bond acceptors (Lipinski definition) is 2. The summed E-state index contributed by atoms with van der Waals surface area (Å²) in [5, 5.41) is 0. The molecule has 4 aromatic carbocycles. The molecule has 0 saturated carbocycles. The molecule has 2 nitrogen and oxygen atoms in total. The van der Waals surface area contributed by atoms with Gasteiger partial charge in [-0.3, -0.25) is 0 Å². The first-order valence-electron chi connectivity index (χ1n) is 16.4. The fourth-order valence-electron chi connectivity index (χ4n) is 8.28. The van der Waals surface area contributed by atoms with Crippen molar-refractivity contribution in [1.29, 1.82) is 0 Å². The van der Waals surface area contributed by atoms with E-state index in [9.17, 15) is 0 Å². The molecular formula is C42H46Cl2O2Zr. The van der Waals surface area contributed by atoms with Crippen LogP contribution in [-0.4, -0.2) is 14.2 Å². The number of benzene rings is 4. The third kappa shape index (κ3) is 6.11. The van der Waals surface area contributed by atoms with Gasteiger partial charge in [0.05, 0.1) is 0 Å². The van der Waals surface area contributed by atoms with Gasteiger partial charge in [-0.2, -0.15) is 0 Å². The van der Waals surface area contributed by atoms with Crippen molar-refractivity contribution in [1.82, 2.24) is 0 Å². The second kappa shape index (κ2) is 13.0. The normalized spacial score (nSPS) is 18.3. The predicted molar refractivity (Wildman–Crippen MR) is 187 cm³/mol. The monoisotopic (exact) mass is 742 g/mol. The summed E-state index contributed by atoms with van der Waals surface area (Å²) in [5.41, 5.74) is 14.9. The van der Waals surface area contributed by atoms with Crippen molar-refractivity contribution >= 4 is 12.2 Å². The van der Waals surface area contributed by atoms with Gasteiger partial charge >= 0.3 is 276 Å². The molecule has 47 heavy (non-hydrogen) atoms. The molecule has 0 radical (unpaired) electrons. The molecule has 1 saturated heterocycles. The molecule has 3 aliphatic rings. The molecule has 1 heterocycles. The molecule has 1 aliphatic heterocycles. The largest absolute Gasteiger partial charge is 1.00 e. The molecule has 7 rings (SSSR count). The SMILES string of the molecule is COc1ccc(-c2cccc3c2C=C(C(C)(C)C)[CH]3[Zr+2]2([CH]3C(C(C)(C)C)=Cc4c(-c5ccc(OC)cc5)cccc43)[CH2][CH2]2)cc1.[Cl-].[Cl-]. The summed E-state index contributed by atoms with van der Waals surface area (Å²) in [6, 6.07) is 31.5. The van der Waals surface area contributed by atoms with Crippen LogP contribution < -0.4 is 34.3 Å². The van der Waals surface area contributed by atoms with Crippen LogP contribution in [0.5, 0.6) is 11.5 Å². The third-order valence-electron chi connectivity index (χ3n) is 10.6. The van der Waals surface area contributed by atoms with Crippen LogP contribution in [0.1, 0.15) is 71.0 Å². The zero-order valence-corrected chi connectivity index (χ0v) is 32.8. The summed E-state index contributed by atoms with van der Waals surface area (Å²) < 4.78 is 15.0. The van der Waals surface area contributed by atoms with Gasteiger partial charge in [0.1, 0.15) is 0 Å². The number of fused-ring (bicyclic) bond motifs is 2.